The molecular weight excluding hydrogens is 268 g/mol. The van der Waals surface area contributed by atoms with Crippen LogP contribution in [0.1, 0.15) is 28.9 Å². The van der Waals surface area contributed by atoms with Crippen LogP contribution in [0.5, 0.6) is 0 Å². The summed E-state index contributed by atoms with van der Waals surface area (Å²) in [5, 5.41) is 2.75. The van der Waals surface area contributed by atoms with Crippen LogP contribution in [0.15, 0.2) is 48.7 Å². The molecule has 0 bridgehead atoms. The third-order valence-corrected chi connectivity index (χ3v) is 3.11. The molecule has 0 aliphatic heterocycles. The third-order valence-electron chi connectivity index (χ3n) is 3.11. The number of pyridine rings is 1. The highest BCUT2D eigenvalue weighted by atomic mass is 16.5. The fourth-order valence-corrected chi connectivity index (χ4v) is 1.83. The molecule has 0 saturated carbocycles. The van der Waals surface area contributed by atoms with E-state index in [1.807, 2.05) is 18.2 Å². The van der Waals surface area contributed by atoms with Gasteiger partial charge in [0.2, 0.25) is 0 Å². The van der Waals surface area contributed by atoms with Gasteiger partial charge in [-0.1, -0.05) is 24.3 Å². The van der Waals surface area contributed by atoms with E-state index in [0.717, 1.165) is 0 Å². The monoisotopic (exact) mass is 284 g/mol. The second kappa shape index (κ2) is 6.65. The molecule has 1 heterocycles. The summed E-state index contributed by atoms with van der Waals surface area (Å²) < 4.78 is 4.68. The Morgan fingerprint density at radius 1 is 1.14 bits per heavy atom. The summed E-state index contributed by atoms with van der Waals surface area (Å²) in [5.41, 5.74) is 1.70. The topological polar surface area (TPSA) is 68.3 Å². The van der Waals surface area contributed by atoms with E-state index >= 15 is 0 Å². The number of ether oxygens (including phenoxy) is 1. The number of rotatable bonds is 4. The molecule has 0 saturated heterocycles. The molecule has 0 spiro atoms. The van der Waals surface area contributed by atoms with Gasteiger partial charge in [0.25, 0.3) is 5.91 Å². The Morgan fingerprint density at radius 2 is 1.86 bits per heavy atom. The van der Waals surface area contributed by atoms with E-state index in [1.54, 1.807) is 31.2 Å². The van der Waals surface area contributed by atoms with E-state index in [2.05, 4.69) is 15.0 Å². The number of carbonyl (C=O) groups is 2. The zero-order valence-electron chi connectivity index (χ0n) is 11.9. The normalized spacial score (nSPS) is 11.5. The van der Waals surface area contributed by atoms with Gasteiger partial charge in [-0.25, -0.2) is 0 Å². The van der Waals surface area contributed by atoms with Gasteiger partial charge in [-0.3, -0.25) is 14.6 Å². The van der Waals surface area contributed by atoms with Crippen molar-refractivity contribution in [1.82, 2.24) is 4.98 Å². The van der Waals surface area contributed by atoms with Crippen molar-refractivity contribution in [2.75, 3.05) is 12.4 Å². The van der Waals surface area contributed by atoms with Gasteiger partial charge in [0.1, 0.15) is 5.69 Å². The minimum absolute atomic E-state index is 0.291. The summed E-state index contributed by atoms with van der Waals surface area (Å²) in [6.45, 7) is 1.73. The van der Waals surface area contributed by atoms with Crippen LogP contribution < -0.4 is 5.32 Å². The maximum atomic E-state index is 12.0. The van der Waals surface area contributed by atoms with Gasteiger partial charge >= 0.3 is 5.97 Å². The molecular formula is C16H16N2O3. The van der Waals surface area contributed by atoms with Gasteiger partial charge < -0.3 is 10.1 Å². The summed E-state index contributed by atoms with van der Waals surface area (Å²) in [5.74, 6) is -1.04. The maximum Gasteiger partial charge on any atom is 0.312 e. The summed E-state index contributed by atoms with van der Waals surface area (Å²) >= 11 is 0. The number of hydrogen-bond acceptors (Lipinski definition) is 4. The fourth-order valence-electron chi connectivity index (χ4n) is 1.83. The lowest BCUT2D eigenvalue weighted by atomic mass is 10.0. The molecule has 1 aromatic carbocycles. The summed E-state index contributed by atoms with van der Waals surface area (Å²) in [6.07, 6.45) is 1.52. The quantitative estimate of drug-likeness (QED) is 0.876. The molecule has 0 aliphatic carbocycles. The highest BCUT2D eigenvalue weighted by molar-refractivity contribution is 6.02. The summed E-state index contributed by atoms with van der Waals surface area (Å²) in [4.78, 5) is 27.6. The maximum absolute atomic E-state index is 12.0. The van der Waals surface area contributed by atoms with E-state index < -0.39 is 5.92 Å². The Balaban J connectivity index is 2.08. The minimum Gasteiger partial charge on any atom is -0.469 e. The van der Waals surface area contributed by atoms with Crippen LogP contribution in [0.25, 0.3) is 0 Å². The Hall–Kier alpha value is -2.69. The van der Waals surface area contributed by atoms with Crippen molar-refractivity contribution in [2.45, 2.75) is 12.8 Å². The molecule has 108 valence electrons. The molecule has 1 atom stereocenters. The molecule has 21 heavy (non-hydrogen) atoms. The number of anilines is 1. The number of amides is 1. The zero-order chi connectivity index (χ0) is 15.2. The smallest absolute Gasteiger partial charge is 0.312 e. The standard InChI is InChI=1S/C16H16N2O3/c1-11(16(20)21-2)12-8-9-14(17-10-12)15(19)18-13-6-4-3-5-7-13/h3-11H,1-2H3,(H,18,19)/t11-/m0/s1. The lowest BCUT2D eigenvalue weighted by Crippen LogP contribution is -2.15. The van der Waals surface area contributed by atoms with Crippen LogP contribution >= 0.6 is 0 Å². The Kier molecular flexibility index (Phi) is 4.66. The van der Waals surface area contributed by atoms with E-state index in [1.165, 1.54) is 13.3 Å². The van der Waals surface area contributed by atoms with E-state index in [4.69, 9.17) is 0 Å². The molecule has 0 fully saturated rings. The first-order valence-corrected chi connectivity index (χ1v) is 6.52. The van der Waals surface area contributed by atoms with Crippen molar-refractivity contribution < 1.29 is 14.3 Å². The second-order valence-corrected chi connectivity index (χ2v) is 4.54. The van der Waals surface area contributed by atoms with Crippen LogP contribution in [0.2, 0.25) is 0 Å². The molecule has 1 amide bonds. The van der Waals surface area contributed by atoms with Gasteiger partial charge in [-0.2, -0.15) is 0 Å². The molecule has 1 N–H and O–H groups in total. The lowest BCUT2D eigenvalue weighted by Gasteiger charge is -2.09. The van der Waals surface area contributed by atoms with Crippen molar-refractivity contribution in [1.29, 1.82) is 0 Å². The number of methoxy groups -OCH3 is 1. The third kappa shape index (κ3) is 3.66. The highest BCUT2D eigenvalue weighted by Crippen LogP contribution is 2.16. The number of benzene rings is 1. The van der Waals surface area contributed by atoms with Crippen molar-refractivity contribution in [3.8, 4) is 0 Å². The van der Waals surface area contributed by atoms with Crippen molar-refractivity contribution >= 4 is 17.6 Å². The number of carbonyl (C=O) groups excluding carboxylic acids is 2. The first kappa shape index (κ1) is 14.7. The van der Waals surface area contributed by atoms with Crippen LogP contribution in [-0.2, 0) is 9.53 Å². The molecule has 0 radical (unpaired) electrons. The van der Waals surface area contributed by atoms with Gasteiger partial charge in [-0.15, -0.1) is 0 Å². The average molecular weight is 284 g/mol. The number of hydrogen-bond donors (Lipinski definition) is 1. The Morgan fingerprint density at radius 3 is 2.43 bits per heavy atom. The predicted molar refractivity (Wildman–Crippen MR) is 79.1 cm³/mol. The number of esters is 1. The molecule has 5 nitrogen and oxygen atoms in total. The fraction of sp³-hybridized carbons (Fsp3) is 0.188. The van der Waals surface area contributed by atoms with E-state index in [0.29, 0.717) is 16.9 Å². The van der Waals surface area contributed by atoms with Crippen molar-refractivity contribution in [2.24, 2.45) is 0 Å². The second-order valence-electron chi connectivity index (χ2n) is 4.54. The zero-order valence-corrected chi connectivity index (χ0v) is 11.9. The number of nitrogens with zero attached hydrogens (tertiary/aromatic N) is 1. The number of nitrogens with one attached hydrogen (secondary N) is 1. The number of aromatic nitrogens is 1. The average Bonchev–Trinajstić information content (AvgIpc) is 2.54. The lowest BCUT2D eigenvalue weighted by molar-refractivity contribution is -0.142. The first-order valence-electron chi connectivity index (χ1n) is 6.52. The van der Waals surface area contributed by atoms with Gasteiger partial charge in [0, 0.05) is 11.9 Å². The number of para-hydroxylation sites is 1. The SMILES string of the molecule is COC(=O)[C@@H](C)c1ccc(C(=O)Nc2ccccc2)nc1. The summed E-state index contributed by atoms with van der Waals surface area (Å²) in [7, 11) is 1.34. The van der Waals surface area contributed by atoms with Crippen molar-refractivity contribution in [3.05, 3.63) is 59.9 Å². The minimum atomic E-state index is -0.409. The largest absolute Gasteiger partial charge is 0.469 e. The molecule has 2 rings (SSSR count). The molecule has 1 aromatic heterocycles. The molecule has 0 aliphatic rings. The van der Waals surface area contributed by atoms with Gasteiger partial charge in [-0.05, 0) is 30.7 Å². The van der Waals surface area contributed by atoms with Gasteiger partial charge in [0.15, 0.2) is 0 Å². The Labute approximate surface area is 123 Å². The first-order chi connectivity index (χ1) is 10.1. The van der Waals surface area contributed by atoms with Gasteiger partial charge in [0.05, 0.1) is 13.0 Å². The van der Waals surface area contributed by atoms with Crippen molar-refractivity contribution in [3.63, 3.8) is 0 Å². The van der Waals surface area contributed by atoms with E-state index in [-0.39, 0.29) is 11.9 Å². The van der Waals surface area contributed by atoms with Crippen LogP contribution in [0.3, 0.4) is 0 Å². The van der Waals surface area contributed by atoms with Crippen LogP contribution in [0.4, 0.5) is 5.69 Å². The highest BCUT2D eigenvalue weighted by Gasteiger charge is 2.16. The summed E-state index contributed by atoms with van der Waals surface area (Å²) in [6, 6.07) is 12.4. The van der Waals surface area contributed by atoms with E-state index in [9.17, 15) is 9.59 Å². The van der Waals surface area contributed by atoms with Crippen LogP contribution in [-0.4, -0.2) is 24.0 Å². The molecule has 2 aromatic rings. The molecule has 0 unspecified atom stereocenters. The van der Waals surface area contributed by atoms with Crippen LogP contribution in [0, 0.1) is 0 Å². The Bertz CT molecular complexity index is 624. The molecule has 5 heteroatoms. The predicted octanol–water partition coefficient (Wildman–Crippen LogP) is 2.61.